The molecule has 1 aromatic heterocycles. The molecule has 1 aliphatic rings. The van der Waals surface area contributed by atoms with Crippen LogP contribution in [0.4, 0.5) is 0 Å². The lowest BCUT2D eigenvalue weighted by Gasteiger charge is -2.24. The monoisotopic (exact) mass is 286 g/mol. The average Bonchev–Trinajstić information content (AvgIpc) is 2.99. The van der Waals surface area contributed by atoms with Gasteiger partial charge >= 0.3 is 0 Å². The molecule has 0 spiro atoms. The number of aryl methyl sites for hydroxylation is 1. The van der Waals surface area contributed by atoms with Crippen LogP contribution >= 0.6 is 0 Å². The molecule has 1 unspecified atom stereocenters. The van der Waals surface area contributed by atoms with E-state index in [9.17, 15) is 8.42 Å². The maximum Gasteiger partial charge on any atom is 0.259 e. The number of aromatic nitrogens is 2. The number of likely N-dealkylation sites (N-methyl/N-ethyl adjacent to an activating group) is 2. The van der Waals surface area contributed by atoms with E-state index in [2.05, 4.69) is 14.9 Å². The van der Waals surface area contributed by atoms with Gasteiger partial charge in [-0.15, -0.1) is 0 Å². The van der Waals surface area contributed by atoms with Crippen molar-refractivity contribution in [2.75, 3.05) is 27.2 Å². The standard InChI is InChI=1S/C12H22N4O2S/c1-4-11-13-8-12(14-11)19(17,18)16(3)9-10-6-5-7-15(10)2/h8,10H,4-7,9H2,1-3H3,(H,13,14). The fraction of sp³-hybridized carbons (Fsp3) is 0.750. The van der Waals surface area contributed by atoms with Gasteiger partial charge in [0.25, 0.3) is 10.0 Å². The Morgan fingerprint density at radius 2 is 2.32 bits per heavy atom. The Morgan fingerprint density at radius 3 is 2.84 bits per heavy atom. The molecule has 1 N–H and O–H groups in total. The van der Waals surface area contributed by atoms with Crippen molar-refractivity contribution in [2.24, 2.45) is 0 Å². The lowest BCUT2D eigenvalue weighted by atomic mass is 10.2. The van der Waals surface area contributed by atoms with Gasteiger partial charge in [-0.3, -0.25) is 0 Å². The van der Waals surface area contributed by atoms with Crippen LogP contribution in [0.15, 0.2) is 11.2 Å². The Bertz CT molecular complexity index is 526. The summed E-state index contributed by atoms with van der Waals surface area (Å²) in [6.07, 6.45) is 4.30. The van der Waals surface area contributed by atoms with Gasteiger partial charge < -0.3 is 9.88 Å². The highest BCUT2D eigenvalue weighted by molar-refractivity contribution is 7.89. The van der Waals surface area contributed by atoms with Crippen LogP contribution in [0.5, 0.6) is 0 Å². The molecule has 1 atom stereocenters. The molecular weight excluding hydrogens is 264 g/mol. The van der Waals surface area contributed by atoms with Crippen LogP contribution in [-0.4, -0.2) is 60.8 Å². The summed E-state index contributed by atoms with van der Waals surface area (Å²) in [7, 11) is 0.228. The summed E-state index contributed by atoms with van der Waals surface area (Å²) >= 11 is 0. The number of hydrogen-bond donors (Lipinski definition) is 1. The van der Waals surface area contributed by atoms with Crippen LogP contribution in [0.25, 0.3) is 0 Å². The number of aromatic amines is 1. The van der Waals surface area contributed by atoms with Crippen molar-refractivity contribution in [3.8, 4) is 0 Å². The average molecular weight is 286 g/mol. The SMILES string of the molecule is CCc1ncc(S(=O)(=O)N(C)CC2CCCN2C)[nH]1. The smallest absolute Gasteiger partial charge is 0.259 e. The highest BCUT2D eigenvalue weighted by atomic mass is 32.2. The van der Waals surface area contributed by atoms with Gasteiger partial charge in [-0.25, -0.2) is 13.4 Å². The molecule has 0 bridgehead atoms. The molecule has 1 fully saturated rings. The number of nitrogens with one attached hydrogen (secondary N) is 1. The van der Waals surface area contributed by atoms with Gasteiger partial charge in [0.05, 0.1) is 6.20 Å². The Morgan fingerprint density at radius 1 is 1.58 bits per heavy atom. The zero-order chi connectivity index (χ0) is 14.0. The summed E-state index contributed by atoms with van der Waals surface area (Å²) in [6, 6.07) is 0.313. The summed E-state index contributed by atoms with van der Waals surface area (Å²) < 4.78 is 26.2. The Hall–Kier alpha value is -0.920. The predicted molar refractivity (Wildman–Crippen MR) is 73.4 cm³/mol. The van der Waals surface area contributed by atoms with Gasteiger partial charge in [-0.05, 0) is 26.4 Å². The van der Waals surface area contributed by atoms with Crippen molar-refractivity contribution in [3.05, 3.63) is 12.0 Å². The molecule has 19 heavy (non-hydrogen) atoms. The zero-order valence-corrected chi connectivity index (χ0v) is 12.6. The van der Waals surface area contributed by atoms with Crippen molar-refractivity contribution in [2.45, 2.75) is 37.3 Å². The van der Waals surface area contributed by atoms with E-state index in [0.717, 1.165) is 19.4 Å². The molecule has 108 valence electrons. The molecule has 0 saturated carbocycles. The lowest BCUT2D eigenvalue weighted by Crippen LogP contribution is -2.39. The third kappa shape index (κ3) is 2.98. The van der Waals surface area contributed by atoms with Gasteiger partial charge in [0.15, 0.2) is 5.03 Å². The van der Waals surface area contributed by atoms with E-state index in [0.29, 0.717) is 24.8 Å². The fourth-order valence-electron chi connectivity index (χ4n) is 2.43. The highest BCUT2D eigenvalue weighted by Gasteiger charge is 2.29. The van der Waals surface area contributed by atoms with E-state index in [1.54, 1.807) is 7.05 Å². The third-order valence-corrected chi connectivity index (χ3v) is 5.50. The molecule has 2 rings (SSSR count). The van der Waals surface area contributed by atoms with Gasteiger partial charge in [-0.2, -0.15) is 4.31 Å². The Labute approximate surface area is 114 Å². The van der Waals surface area contributed by atoms with Gasteiger partial charge in [0.2, 0.25) is 0 Å². The van der Waals surface area contributed by atoms with E-state index >= 15 is 0 Å². The minimum Gasteiger partial charge on any atom is -0.332 e. The molecule has 0 aromatic carbocycles. The van der Waals surface area contributed by atoms with Gasteiger partial charge in [-0.1, -0.05) is 6.92 Å². The van der Waals surface area contributed by atoms with Crippen molar-refractivity contribution >= 4 is 10.0 Å². The number of hydrogen-bond acceptors (Lipinski definition) is 4. The number of likely N-dealkylation sites (tertiary alicyclic amines) is 1. The fourth-order valence-corrected chi connectivity index (χ4v) is 3.56. The van der Waals surface area contributed by atoms with Gasteiger partial charge in [0.1, 0.15) is 5.82 Å². The normalized spacial score (nSPS) is 21.4. The minimum atomic E-state index is -3.45. The number of rotatable bonds is 5. The van der Waals surface area contributed by atoms with E-state index in [1.807, 2.05) is 14.0 Å². The first-order valence-corrected chi connectivity index (χ1v) is 8.09. The number of nitrogens with zero attached hydrogens (tertiary/aromatic N) is 3. The summed E-state index contributed by atoms with van der Waals surface area (Å²) in [5.41, 5.74) is 0. The van der Waals surface area contributed by atoms with E-state index < -0.39 is 10.0 Å². The van der Waals surface area contributed by atoms with E-state index in [4.69, 9.17) is 0 Å². The van der Waals surface area contributed by atoms with E-state index in [1.165, 1.54) is 10.5 Å². The van der Waals surface area contributed by atoms with Crippen LogP contribution < -0.4 is 0 Å². The summed E-state index contributed by atoms with van der Waals surface area (Å²) in [5.74, 6) is 0.699. The zero-order valence-electron chi connectivity index (χ0n) is 11.8. The van der Waals surface area contributed by atoms with Crippen molar-refractivity contribution in [1.29, 1.82) is 0 Å². The quantitative estimate of drug-likeness (QED) is 0.864. The number of H-pyrrole nitrogens is 1. The first kappa shape index (κ1) is 14.5. The third-order valence-electron chi connectivity index (χ3n) is 3.77. The maximum absolute atomic E-state index is 12.4. The topological polar surface area (TPSA) is 69.3 Å². The van der Waals surface area contributed by atoms with Crippen molar-refractivity contribution in [1.82, 2.24) is 19.2 Å². The van der Waals surface area contributed by atoms with Crippen LogP contribution in [0.2, 0.25) is 0 Å². The molecule has 0 radical (unpaired) electrons. The number of sulfonamides is 1. The maximum atomic E-state index is 12.4. The first-order valence-electron chi connectivity index (χ1n) is 6.65. The molecule has 0 aliphatic carbocycles. The van der Waals surface area contributed by atoms with Gasteiger partial charge in [0, 0.05) is 26.1 Å². The molecule has 6 nitrogen and oxygen atoms in total. The molecular formula is C12H22N4O2S. The largest absolute Gasteiger partial charge is 0.332 e. The number of imidazole rings is 1. The lowest BCUT2D eigenvalue weighted by molar-refractivity contribution is 0.271. The second-order valence-electron chi connectivity index (χ2n) is 5.11. The second-order valence-corrected chi connectivity index (χ2v) is 7.12. The Balaban J connectivity index is 2.10. The molecule has 1 aliphatic heterocycles. The second kappa shape index (κ2) is 5.60. The van der Waals surface area contributed by atoms with Crippen LogP contribution in [0.3, 0.4) is 0 Å². The Kier molecular flexibility index (Phi) is 4.27. The highest BCUT2D eigenvalue weighted by Crippen LogP contribution is 2.19. The summed E-state index contributed by atoms with van der Waals surface area (Å²) in [6.45, 7) is 3.51. The van der Waals surface area contributed by atoms with Crippen molar-refractivity contribution < 1.29 is 8.42 Å². The van der Waals surface area contributed by atoms with Crippen LogP contribution in [-0.2, 0) is 16.4 Å². The van der Waals surface area contributed by atoms with Crippen LogP contribution in [0.1, 0.15) is 25.6 Å². The molecule has 1 aromatic rings. The van der Waals surface area contributed by atoms with E-state index in [-0.39, 0.29) is 5.03 Å². The summed E-state index contributed by atoms with van der Waals surface area (Å²) in [4.78, 5) is 9.14. The molecule has 2 heterocycles. The molecule has 0 amide bonds. The molecule has 7 heteroatoms. The molecule has 1 saturated heterocycles. The minimum absolute atomic E-state index is 0.188. The van der Waals surface area contributed by atoms with Crippen LogP contribution in [0, 0.1) is 0 Å². The first-order chi connectivity index (χ1) is 8.95. The summed E-state index contributed by atoms with van der Waals surface area (Å²) in [5, 5.41) is 0.188. The predicted octanol–water partition coefficient (Wildman–Crippen LogP) is 0.687. The van der Waals surface area contributed by atoms with Crippen molar-refractivity contribution in [3.63, 3.8) is 0 Å².